The summed E-state index contributed by atoms with van der Waals surface area (Å²) in [6.45, 7) is 2.83. The van der Waals surface area contributed by atoms with E-state index >= 15 is 0 Å². The van der Waals surface area contributed by atoms with Crippen molar-refractivity contribution in [3.63, 3.8) is 0 Å². The van der Waals surface area contributed by atoms with Crippen molar-refractivity contribution in [1.29, 1.82) is 0 Å². The molecule has 0 aliphatic carbocycles. The van der Waals surface area contributed by atoms with Gasteiger partial charge in [0.1, 0.15) is 18.1 Å². The van der Waals surface area contributed by atoms with Crippen LogP contribution < -0.4 is 9.47 Å². The van der Waals surface area contributed by atoms with Crippen LogP contribution in [0.3, 0.4) is 0 Å². The van der Waals surface area contributed by atoms with Crippen LogP contribution in [0.2, 0.25) is 0 Å². The Balaban J connectivity index is 2.01. The maximum absolute atomic E-state index is 12.9. The predicted octanol–water partition coefficient (Wildman–Crippen LogP) is 3.09. The molecule has 0 heterocycles. The van der Waals surface area contributed by atoms with Gasteiger partial charge in [0, 0.05) is 12.1 Å². The average molecular weight is 371 g/mol. The number of hydrogen-bond acceptors (Lipinski definition) is 5. The monoisotopic (exact) mass is 371 g/mol. The van der Waals surface area contributed by atoms with Gasteiger partial charge in [-0.05, 0) is 42.8 Å². The first-order valence-corrected chi connectivity index (χ1v) is 8.73. The molecule has 0 atom stereocenters. The zero-order chi connectivity index (χ0) is 19.6. The zero-order valence-corrected chi connectivity index (χ0v) is 15.9. The van der Waals surface area contributed by atoms with E-state index in [1.54, 1.807) is 30.2 Å². The van der Waals surface area contributed by atoms with E-state index < -0.39 is 0 Å². The summed E-state index contributed by atoms with van der Waals surface area (Å²) in [4.78, 5) is 26.0. The van der Waals surface area contributed by atoms with Crippen molar-refractivity contribution in [2.75, 3.05) is 33.9 Å². The van der Waals surface area contributed by atoms with Crippen molar-refractivity contribution < 1.29 is 23.8 Å². The normalized spacial score (nSPS) is 10.2. The smallest absolute Gasteiger partial charge is 0.307 e. The van der Waals surface area contributed by atoms with Crippen molar-refractivity contribution in [3.05, 3.63) is 59.7 Å². The third kappa shape index (κ3) is 6.02. The molecule has 0 spiro atoms. The van der Waals surface area contributed by atoms with Gasteiger partial charge in [-0.15, -0.1) is 0 Å². The number of carbonyl (C=O) groups is 2. The molecule has 0 aliphatic rings. The molecule has 2 aromatic rings. The molecule has 0 saturated carbocycles. The van der Waals surface area contributed by atoms with Crippen molar-refractivity contribution in [2.45, 2.75) is 13.3 Å². The molecule has 0 N–H and O–H groups in total. The van der Waals surface area contributed by atoms with Gasteiger partial charge in [-0.3, -0.25) is 9.59 Å². The Morgan fingerprint density at radius 1 is 0.926 bits per heavy atom. The van der Waals surface area contributed by atoms with E-state index in [4.69, 9.17) is 9.47 Å². The Kier molecular flexibility index (Phi) is 7.67. The van der Waals surface area contributed by atoms with Gasteiger partial charge in [0.15, 0.2) is 0 Å². The Morgan fingerprint density at radius 2 is 1.59 bits per heavy atom. The molecular formula is C21H25NO5. The molecule has 1 amide bonds. The Hall–Kier alpha value is -3.02. The first-order valence-electron chi connectivity index (χ1n) is 8.73. The van der Waals surface area contributed by atoms with E-state index in [0.717, 1.165) is 11.3 Å². The van der Waals surface area contributed by atoms with Gasteiger partial charge in [-0.1, -0.05) is 18.2 Å². The highest BCUT2D eigenvalue weighted by Crippen LogP contribution is 2.17. The zero-order valence-electron chi connectivity index (χ0n) is 15.9. The number of esters is 1. The maximum Gasteiger partial charge on any atom is 0.307 e. The van der Waals surface area contributed by atoms with E-state index in [1.807, 2.05) is 37.3 Å². The molecule has 0 unspecified atom stereocenters. The number of benzene rings is 2. The lowest BCUT2D eigenvalue weighted by Crippen LogP contribution is -2.36. The number of carbonyl (C=O) groups excluding carboxylic acids is 2. The molecule has 0 fully saturated rings. The molecule has 0 radical (unpaired) electrons. The molecule has 0 aliphatic heterocycles. The molecular weight excluding hydrogens is 346 g/mol. The minimum Gasteiger partial charge on any atom is -0.497 e. The maximum atomic E-state index is 12.9. The summed E-state index contributed by atoms with van der Waals surface area (Å²) in [7, 11) is 2.94. The summed E-state index contributed by atoms with van der Waals surface area (Å²) in [5, 5.41) is 0. The Labute approximate surface area is 159 Å². The molecule has 2 rings (SSSR count). The van der Waals surface area contributed by atoms with Crippen molar-refractivity contribution in [3.8, 4) is 11.5 Å². The predicted molar refractivity (Wildman–Crippen MR) is 102 cm³/mol. The number of methoxy groups -OCH3 is 2. The van der Waals surface area contributed by atoms with E-state index in [9.17, 15) is 9.59 Å². The molecule has 144 valence electrons. The van der Waals surface area contributed by atoms with Gasteiger partial charge in [0.05, 0.1) is 27.2 Å². The highest BCUT2D eigenvalue weighted by Gasteiger charge is 2.18. The van der Waals surface area contributed by atoms with Crippen LogP contribution in [0.15, 0.2) is 48.5 Å². The van der Waals surface area contributed by atoms with Crippen LogP contribution in [0.1, 0.15) is 22.3 Å². The highest BCUT2D eigenvalue weighted by atomic mass is 16.5. The van der Waals surface area contributed by atoms with Gasteiger partial charge < -0.3 is 19.1 Å². The van der Waals surface area contributed by atoms with E-state index in [0.29, 0.717) is 24.5 Å². The second kappa shape index (κ2) is 10.2. The van der Waals surface area contributed by atoms with Gasteiger partial charge in [-0.2, -0.15) is 0 Å². The van der Waals surface area contributed by atoms with Crippen LogP contribution in [0.25, 0.3) is 0 Å². The van der Waals surface area contributed by atoms with Crippen LogP contribution in [0.4, 0.5) is 0 Å². The minimum absolute atomic E-state index is 0.129. The minimum atomic E-state index is -0.353. The van der Waals surface area contributed by atoms with Crippen LogP contribution in [0, 0.1) is 6.92 Å². The summed E-state index contributed by atoms with van der Waals surface area (Å²) in [6, 6.07) is 14.6. The lowest BCUT2D eigenvalue weighted by atomic mass is 10.1. The number of hydrogen-bond donors (Lipinski definition) is 0. The standard InChI is InChI=1S/C21H25NO5/c1-16-6-4-5-7-19(16)21(24)22(13-12-20(23)26-3)14-15-27-18-10-8-17(25-2)9-11-18/h4-11H,12-15H2,1-3H3. The number of ether oxygens (including phenoxy) is 3. The summed E-state index contributed by atoms with van der Waals surface area (Å²) in [6.07, 6.45) is 0.136. The van der Waals surface area contributed by atoms with Crippen molar-refractivity contribution in [2.24, 2.45) is 0 Å². The largest absolute Gasteiger partial charge is 0.497 e. The number of aryl methyl sites for hydroxylation is 1. The summed E-state index contributed by atoms with van der Waals surface area (Å²) in [5.41, 5.74) is 1.51. The molecule has 0 saturated heterocycles. The molecule has 6 heteroatoms. The molecule has 2 aromatic carbocycles. The highest BCUT2D eigenvalue weighted by molar-refractivity contribution is 5.95. The number of rotatable bonds is 9. The Morgan fingerprint density at radius 3 is 2.22 bits per heavy atom. The van der Waals surface area contributed by atoms with Crippen LogP contribution in [0.5, 0.6) is 11.5 Å². The van der Waals surface area contributed by atoms with Crippen LogP contribution in [-0.2, 0) is 9.53 Å². The van der Waals surface area contributed by atoms with Gasteiger partial charge in [-0.25, -0.2) is 0 Å². The fourth-order valence-corrected chi connectivity index (χ4v) is 2.57. The van der Waals surface area contributed by atoms with Crippen molar-refractivity contribution >= 4 is 11.9 Å². The molecule has 6 nitrogen and oxygen atoms in total. The third-order valence-corrected chi connectivity index (χ3v) is 4.17. The quantitative estimate of drug-likeness (QED) is 0.634. The third-order valence-electron chi connectivity index (χ3n) is 4.17. The SMILES string of the molecule is COC(=O)CCN(CCOc1ccc(OC)cc1)C(=O)c1ccccc1C. The molecule has 27 heavy (non-hydrogen) atoms. The summed E-state index contributed by atoms with van der Waals surface area (Å²) < 4.78 is 15.5. The lowest BCUT2D eigenvalue weighted by Gasteiger charge is -2.23. The van der Waals surface area contributed by atoms with Gasteiger partial charge in [0.25, 0.3) is 5.91 Å². The number of nitrogens with zero attached hydrogens (tertiary/aromatic N) is 1. The van der Waals surface area contributed by atoms with Gasteiger partial charge in [0.2, 0.25) is 0 Å². The number of amides is 1. The fraction of sp³-hybridized carbons (Fsp3) is 0.333. The second-order valence-corrected chi connectivity index (χ2v) is 5.96. The summed E-state index contributed by atoms with van der Waals surface area (Å²) in [5.74, 6) is 0.952. The fourth-order valence-electron chi connectivity index (χ4n) is 2.57. The van der Waals surface area contributed by atoms with Crippen LogP contribution >= 0.6 is 0 Å². The van der Waals surface area contributed by atoms with E-state index in [-0.39, 0.29) is 24.8 Å². The van der Waals surface area contributed by atoms with Crippen LogP contribution in [-0.4, -0.2) is 50.7 Å². The first kappa shape index (κ1) is 20.3. The first-order chi connectivity index (χ1) is 13.0. The van der Waals surface area contributed by atoms with E-state index in [2.05, 4.69) is 4.74 Å². The summed E-state index contributed by atoms with van der Waals surface area (Å²) >= 11 is 0. The lowest BCUT2D eigenvalue weighted by molar-refractivity contribution is -0.140. The van der Waals surface area contributed by atoms with Gasteiger partial charge >= 0.3 is 5.97 Å². The molecule has 0 aromatic heterocycles. The average Bonchev–Trinajstić information content (AvgIpc) is 2.70. The topological polar surface area (TPSA) is 65.1 Å². The van der Waals surface area contributed by atoms with Crippen molar-refractivity contribution in [1.82, 2.24) is 4.90 Å². The van der Waals surface area contributed by atoms with E-state index in [1.165, 1.54) is 7.11 Å². The second-order valence-electron chi connectivity index (χ2n) is 5.96. The molecule has 0 bridgehead atoms. The Bertz CT molecular complexity index is 757.